The van der Waals surface area contributed by atoms with Gasteiger partial charge in [0.2, 0.25) is 0 Å². The second-order valence-electron chi connectivity index (χ2n) is 9.21. The van der Waals surface area contributed by atoms with E-state index in [0.717, 1.165) is 17.7 Å². The largest absolute Gasteiger partial charge is 0.445 e. The number of hydrogen-bond acceptors (Lipinski definition) is 5. The summed E-state index contributed by atoms with van der Waals surface area (Å²) in [4.78, 5) is 30.9. The molecule has 1 amide bonds. The van der Waals surface area contributed by atoms with E-state index in [2.05, 4.69) is 15.0 Å². The monoisotopic (exact) mass is 551 g/mol. The molecule has 10 heteroatoms. The number of rotatable bonds is 5. The lowest BCUT2D eigenvalue weighted by Crippen LogP contribution is -2.38. The highest BCUT2D eigenvalue weighted by atomic mass is 19.4. The van der Waals surface area contributed by atoms with Crippen LogP contribution >= 0.6 is 0 Å². The summed E-state index contributed by atoms with van der Waals surface area (Å²) in [6.45, 7) is 6.93. The van der Waals surface area contributed by atoms with E-state index in [1.807, 2.05) is 44.2 Å². The molecular weight excluding hydrogens is 519 g/mol. The maximum absolute atomic E-state index is 13.4. The second kappa shape index (κ2) is 12.8. The molecule has 3 heterocycles. The van der Waals surface area contributed by atoms with E-state index in [0.29, 0.717) is 60.2 Å². The van der Waals surface area contributed by atoms with Crippen LogP contribution in [0.3, 0.4) is 0 Å². The number of benzene rings is 2. The quantitative estimate of drug-likeness (QED) is 0.279. The number of amides is 1. The Morgan fingerprint density at radius 2 is 1.75 bits per heavy atom. The highest BCUT2D eigenvalue weighted by molar-refractivity contribution is 5.77. The van der Waals surface area contributed by atoms with E-state index in [-0.39, 0.29) is 18.6 Å². The minimum absolute atomic E-state index is 0.00518. The molecular formula is C30H32F3N5O2. The van der Waals surface area contributed by atoms with E-state index in [9.17, 15) is 18.0 Å². The van der Waals surface area contributed by atoms with Crippen LogP contribution in [0.5, 0.6) is 0 Å². The molecule has 40 heavy (non-hydrogen) atoms. The number of aryl methyl sites for hydroxylation is 1. The maximum Gasteiger partial charge on any atom is 0.416 e. The number of nitrogens with zero attached hydrogens (tertiary/aromatic N) is 4. The van der Waals surface area contributed by atoms with Gasteiger partial charge in [-0.15, -0.1) is 0 Å². The van der Waals surface area contributed by atoms with Crippen molar-refractivity contribution in [3.8, 4) is 22.6 Å². The Hall–Kier alpha value is -4.21. The van der Waals surface area contributed by atoms with Crippen LogP contribution in [0, 0.1) is 6.92 Å². The highest BCUT2D eigenvalue weighted by Crippen LogP contribution is 2.37. The summed E-state index contributed by atoms with van der Waals surface area (Å²) in [5.41, 5.74) is 2.00. The summed E-state index contributed by atoms with van der Waals surface area (Å²) in [6, 6.07) is 16.3. The van der Waals surface area contributed by atoms with Gasteiger partial charge < -0.3 is 14.6 Å². The van der Waals surface area contributed by atoms with Crippen molar-refractivity contribution < 1.29 is 22.7 Å². The summed E-state index contributed by atoms with van der Waals surface area (Å²) >= 11 is 0. The number of piperidine rings is 1. The Balaban J connectivity index is 0.00000181. The Morgan fingerprint density at radius 1 is 1.02 bits per heavy atom. The zero-order chi connectivity index (χ0) is 28.7. The number of imidazole rings is 1. The molecule has 2 aromatic heterocycles. The number of alkyl halides is 3. The lowest BCUT2D eigenvalue weighted by Gasteiger charge is -2.30. The molecule has 0 aliphatic carbocycles. The SMILES string of the molecule is CC.Cc1nccc(-c2[nH]c(C3CCN(C(=O)OCc4ccccc4)CC3)nc2-c2cccc(C(F)(F)F)c2)n1. The third-order valence-corrected chi connectivity index (χ3v) is 6.56. The van der Waals surface area contributed by atoms with Gasteiger partial charge in [-0.1, -0.05) is 56.3 Å². The molecule has 0 bridgehead atoms. The standard InChI is InChI=1S/C28H26F3N5O2.C2H6/c1-18-32-13-10-23(33-18)25-24(21-8-5-9-22(16-21)28(29,30)31)34-26(35-25)20-11-14-36(15-12-20)27(37)38-17-19-6-3-2-4-7-19;1-2/h2-10,13,16,20H,11-12,14-15,17H2,1H3,(H,34,35);1-2H3. The van der Waals surface area contributed by atoms with Crippen molar-refractivity contribution in [3.63, 3.8) is 0 Å². The fourth-order valence-corrected chi connectivity index (χ4v) is 4.56. The number of likely N-dealkylation sites (tertiary alicyclic amines) is 1. The van der Waals surface area contributed by atoms with Crippen LogP contribution in [0.15, 0.2) is 66.9 Å². The molecule has 0 spiro atoms. The Kier molecular flexibility index (Phi) is 9.19. The van der Waals surface area contributed by atoms with Gasteiger partial charge in [-0.2, -0.15) is 13.2 Å². The minimum Gasteiger partial charge on any atom is -0.445 e. The topological polar surface area (TPSA) is 84.0 Å². The lowest BCUT2D eigenvalue weighted by atomic mass is 9.96. The molecule has 7 nitrogen and oxygen atoms in total. The third-order valence-electron chi connectivity index (χ3n) is 6.56. The number of carbonyl (C=O) groups excluding carboxylic acids is 1. The van der Waals surface area contributed by atoms with Gasteiger partial charge >= 0.3 is 12.3 Å². The highest BCUT2D eigenvalue weighted by Gasteiger charge is 2.32. The van der Waals surface area contributed by atoms with Crippen molar-refractivity contribution in [1.29, 1.82) is 0 Å². The number of H-pyrrole nitrogens is 1. The molecule has 4 aromatic rings. The molecule has 0 unspecified atom stereocenters. The van der Waals surface area contributed by atoms with Gasteiger partial charge in [0.15, 0.2) is 0 Å². The normalized spacial score (nSPS) is 13.9. The lowest BCUT2D eigenvalue weighted by molar-refractivity contribution is -0.137. The van der Waals surface area contributed by atoms with E-state index in [1.54, 1.807) is 30.2 Å². The van der Waals surface area contributed by atoms with Crippen LogP contribution in [-0.4, -0.2) is 44.0 Å². The molecule has 210 valence electrons. The average Bonchev–Trinajstić information content (AvgIpc) is 3.43. The average molecular weight is 552 g/mol. The van der Waals surface area contributed by atoms with E-state index in [1.165, 1.54) is 6.07 Å². The molecule has 1 aliphatic rings. The van der Waals surface area contributed by atoms with Crippen LogP contribution in [0.2, 0.25) is 0 Å². The number of aromatic amines is 1. The fourth-order valence-electron chi connectivity index (χ4n) is 4.56. The van der Waals surface area contributed by atoms with Crippen LogP contribution in [-0.2, 0) is 17.5 Å². The minimum atomic E-state index is -4.47. The van der Waals surface area contributed by atoms with Gasteiger partial charge in [-0.05, 0) is 43.5 Å². The van der Waals surface area contributed by atoms with Crippen molar-refractivity contribution >= 4 is 6.09 Å². The summed E-state index contributed by atoms with van der Waals surface area (Å²) in [5.74, 6) is 1.19. The van der Waals surface area contributed by atoms with Crippen LogP contribution in [0.25, 0.3) is 22.6 Å². The zero-order valence-electron chi connectivity index (χ0n) is 22.7. The van der Waals surface area contributed by atoms with Gasteiger partial charge in [-0.3, -0.25) is 0 Å². The number of ether oxygens (including phenoxy) is 1. The number of nitrogens with one attached hydrogen (secondary N) is 1. The maximum atomic E-state index is 13.4. The Labute approximate surface area is 231 Å². The predicted octanol–water partition coefficient (Wildman–Crippen LogP) is 7.40. The third kappa shape index (κ3) is 6.86. The zero-order valence-corrected chi connectivity index (χ0v) is 22.7. The van der Waals surface area contributed by atoms with Gasteiger partial charge in [0.25, 0.3) is 0 Å². The summed E-state index contributed by atoms with van der Waals surface area (Å²) in [7, 11) is 0. The first-order valence-electron chi connectivity index (χ1n) is 13.3. The van der Waals surface area contributed by atoms with Crippen molar-refractivity contribution in [1.82, 2.24) is 24.8 Å². The van der Waals surface area contributed by atoms with Crippen molar-refractivity contribution in [2.75, 3.05) is 13.1 Å². The summed E-state index contributed by atoms with van der Waals surface area (Å²) in [5, 5.41) is 0. The summed E-state index contributed by atoms with van der Waals surface area (Å²) in [6.07, 6.45) is -1.96. The van der Waals surface area contributed by atoms with Crippen LogP contribution in [0.4, 0.5) is 18.0 Å². The first kappa shape index (κ1) is 28.8. The molecule has 5 rings (SSSR count). The van der Waals surface area contributed by atoms with Crippen molar-refractivity contribution in [2.24, 2.45) is 0 Å². The van der Waals surface area contributed by atoms with Crippen LogP contribution in [0.1, 0.15) is 55.4 Å². The van der Waals surface area contributed by atoms with Gasteiger partial charge in [0.1, 0.15) is 18.3 Å². The predicted molar refractivity (Wildman–Crippen MR) is 146 cm³/mol. The molecule has 1 saturated heterocycles. The Morgan fingerprint density at radius 3 is 2.42 bits per heavy atom. The number of halogens is 3. The molecule has 0 radical (unpaired) electrons. The first-order valence-corrected chi connectivity index (χ1v) is 13.3. The molecule has 1 fully saturated rings. The van der Waals surface area contributed by atoms with E-state index >= 15 is 0 Å². The molecule has 0 saturated carbocycles. The molecule has 2 aromatic carbocycles. The van der Waals surface area contributed by atoms with Gasteiger partial charge in [0.05, 0.1) is 22.6 Å². The number of aromatic nitrogens is 4. The van der Waals surface area contributed by atoms with Crippen LogP contribution < -0.4 is 0 Å². The summed E-state index contributed by atoms with van der Waals surface area (Å²) < 4.78 is 45.7. The fraction of sp³-hybridized carbons (Fsp3) is 0.333. The van der Waals surface area contributed by atoms with Gasteiger partial charge in [0, 0.05) is 30.8 Å². The molecule has 1 aliphatic heterocycles. The van der Waals surface area contributed by atoms with E-state index in [4.69, 9.17) is 9.72 Å². The first-order chi connectivity index (χ1) is 19.3. The smallest absolute Gasteiger partial charge is 0.416 e. The second-order valence-corrected chi connectivity index (χ2v) is 9.21. The molecule has 0 atom stereocenters. The number of hydrogen-bond donors (Lipinski definition) is 1. The molecule has 1 N–H and O–H groups in total. The van der Waals surface area contributed by atoms with Gasteiger partial charge in [-0.25, -0.2) is 19.7 Å². The number of carbonyl (C=O) groups is 1. The van der Waals surface area contributed by atoms with Crippen molar-refractivity contribution in [2.45, 2.75) is 52.3 Å². The Bertz CT molecular complexity index is 1410. The van der Waals surface area contributed by atoms with Crippen molar-refractivity contribution in [3.05, 3.63) is 89.6 Å². The van der Waals surface area contributed by atoms with E-state index < -0.39 is 11.7 Å².